The van der Waals surface area contributed by atoms with E-state index in [0.717, 1.165) is 26.9 Å². The molecule has 3 rings (SSSR count). The van der Waals surface area contributed by atoms with Crippen LogP contribution in [0.1, 0.15) is 28.6 Å². The number of hydrogen-bond acceptors (Lipinski definition) is 4. The number of methoxy groups -OCH3 is 1. The second-order valence-corrected chi connectivity index (χ2v) is 6.54. The van der Waals surface area contributed by atoms with Gasteiger partial charge in [-0.25, -0.2) is 0 Å². The molecule has 5 heteroatoms. The molecule has 1 atom stereocenters. The molecule has 1 unspecified atom stereocenters. The van der Waals surface area contributed by atoms with Crippen LogP contribution in [0, 0.1) is 0 Å². The van der Waals surface area contributed by atoms with Crippen LogP contribution < -0.4 is 0 Å². The summed E-state index contributed by atoms with van der Waals surface area (Å²) in [6.07, 6.45) is 1.08. The Hall–Kier alpha value is -1.43. The van der Waals surface area contributed by atoms with Crippen molar-refractivity contribution in [2.75, 3.05) is 26.8 Å². The van der Waals surface area contributed by atoms with Crippen LogP contribution in [0.4, 0.5) is 0 Å². The van der Waals surface area contributed by atoms with Gasteiger partial charge in [-0.05, 0) is 17.9 Å². The Labute approximate surface area is 134 Å². The molecule has 1 aliphatic heterocycles. The second kappa shape index (κ2) is 6.77. The minimum Gasteiger partial charge on any atom is -0.380 e. The largest absolute Gasteiger partial charge is 0.380 e. The fraction of sp³-hybridized carbons (Fsp3) is 0.471. The van der Waals surface area contributed by atoms with E-state index in [0.29, 0.717) is 26.3 Å². The first-order valence-corrected chi connectivity index (χ1v) is 8.46. The van der Waals surface area contributed by atoms with E-state index in [-0.39, 0.29) is 12.0 Å². The predicted octanol–water partition coefficient (Wildman–Crippen LogP) is 3.30. The van der Waals surface area contributed by atoms with Crippen LogP contribution in [0.15, 0.2) is 24.3 Å². The summed E-state index contributed by atoms with van der Waals surface area (Å²) in [6.45, 7) is 4.52. The molecule has 1 amide bonds. The summed E-state index contributed by atoms with van der Waals surface area (Å²) in [5.41, 5.74) is 1.01. The van der Waals surface area contributed by atoms with E-state index in [1.807, 2.05) is 17.0 Å². The summed E-state index contributed by atoms with van der Waals surface area (Å²) in [6, 6.07) is 8.13. The van der Waals surface area contributed by atoms with Gasteiger partial charge in [0.05, 0.1) is 24.2 Å². The number of rotatable bonds is 4. The first kappa shape index (κ1) is 15.5. The molecule has 1 aromatic carbocycles. The van der Waals surface area contributed by atoms with Crippen LogP contribution >= 0.6 is 11.3 Å². The number of carbonyl (C=O) groups is 1. The Balaban J connectivity index is 1.94. The molecule has 4 nitrogen and oxygen atoms in total. The van der Waals surface area contributed by atoms with Crippen molar-refractivity contribution < 1.29 is 14.3 Å². The zero-order chi connectivity index (χ0) is 15.5. The maximum atomic E-state index is 13.0. The van der Waals surface area contributed by atoms with E-state index in [1.54, 1.807) is 18.4 Å². The molecule has 2 aromatic rings. The summed E-state index contributed by atoms with van der Waals surface area (Å²) in [7, 11) is 1.67. The topological polar surface area (TPSA) is 38.8 Å². The zero-order valence-corrected chi connectivity index (χ0v) is 13.8. The Morgan fingerprint density at radius 3 is 3.05 bits per heavy atom. The summed E-state index contributed by atoms with van der Waals surface area (Å²) < 4.78 is 12.1. The van der Waals surface area contributed by atoms with Gasteiger partial charge < -0.3 is 14.4 Å². The molecule has 1 aliphatic rings. The lowest BCUT2D eigenvalue weighted by Crippen LogP contribution is -2.45. The number of morpholine rings is 1. The minimum absolute atomic E-state index is 0.106. The highest BCUT2D eigenvalue weighted by Crippen LogP contribution is 2.33. The Kier molecular flexibility index (Phi) is 4.76. The van der Waals surface area contributed by atoms with Crippen LogP contribution in [0.2, 0.25) is 0 Å². The Bertz CT molecular complexity index is 667. The van der Waals surface area contributed by atoms with Crippen molar-refractivity contribution >= 4 is 27.3 Å². The third-order valence-corrected chi connectivity index (χ3v) is 5.26. The van der Waals surface area contributed by atoms with Gasteiger partial charge in [0.1, 0.15) is 0 Å². The van der Waals surface area contributed by atoms with E-state index in [2.05, 4.69) is 19.1 Å². The van der Waals surface area contributed by atoms with E-state index < -0.39 is 0 Å². The van der Waals surface area contributed by atoms with Crippen molar-refractivity contribution in [3.8, 4) is 0 Å². The number of thiophene rings is 1. The van der Waals surface area contributed by atoms with Crippen molar-refractivity contribution in [2.45, 2.75) is 26.1 Å². The molecule has 22 heavy (non-hydrogen) atoms. The highest BCUT2D eigenvalue weighted by molar-refractivity contribution is 7.21. The summed E-state index contributed by atoms with van der Waals surface area (Å²) in [4.78, 5) is 15.7. The smallest absolute Gasteiger partial charge is 0.264 e. The lowest BCUT2D eigenvalue weighted by Gasteiger charge is -2.32. The van der Waals surface area contributed by atoms with Crippen LogP contribution in [0.3, 0.4) is 0 Å². The Morgan fingerprint density at radius 1 is 1.45 bits per heavy atom. The second-order valence-electron chi connectivity index (χ2n) is 5.49. The highest BCUT2D eigenvalue weighted by atomic mass is 32.1. The lowest BCUT2D eigenvalue weighted by molar-refractivity contribution is -0.0225. The molecule has 0 spiro atoms. The molecule has 0 N–H and O–H groups in total. The molecule has 2 heterocycles. The van der Waals surface area contributed by atoms with Crippen LogP contribution in [-0.4, -0.2) is 43.7 Å². The number of amides is 1. The third-order valence-electron chi connectivity index (χ3n) is 4.06. The van der Waals surface area contributed by atoms with E-state index in [1.165, 1.54) is 0 Å². The van der Waals surface area contributed by atoms with Gasteiger partial charge >= 0.3 is 0 Å². The van der Waals surface area contributed by atoms with Gasteiger partial charge in [-0.15, -0.1) is 11.3 Å². The van der Waals surface area contributed by atoms with Gasteiger partial charge in [0.2, 0.25) is 0 Å². The first-order chi connectivity index (χ1) is 10.7. The molecule has 1 fully saturated rings. The van der Waals surface area contributed by atoms with Gasteiger partial charge in [0, 0.05) is 30.5 Å². The zero-order valence-electron chi connectivity index (χ0n) is 13.0. The van der Waals surface area contributed by atoms with Gasteiger partial charge in [-0.2, -0.15) is 0 Å². The predicted molar refractivity (Wildman–Crippen MR) is 88.5 cm³/mol. The molecule has 118 valence electrons. The molecule has 0 saturated carbocycles. The standard InChI is InChI=1S/C17H21NO3S/c1-3-12-10-18(8-9-21-12)17(19)16-14(11-20-2)13-6-4-5-7-15(13)22-16/h4-7,12H,3,8-11H2,1-2H3. The molecule has 0 radical (unpaired) electrons. The van der Waals surface area contributed by atoms with Crippen molar-refractivity contribution in [2.24, 2.45) is 0 Å². The lowest BCUT2D eigenvalue weighted by atomic mass is 10.1. The van der Waals surface area contributed by atoms with Gasteiger partial charge in [0.25, 0.3) is 5.91 Å². The third kappa shape index (κ3) is 2.89. The van der Waals surface area contributed by atoms with Gasteiger partial charge in [-0.1, -0.05) is 25.1 Å². The summed E-state index contributed by atoms with van der Waals surface area (Å²) in [5, 5.41) is 1.12. The normalized spacial score (nSPS) is 18.8. The molecule has 0 aliphatic carbocycles. The van der Waals surface area contributed by atoms with Crippen molar-refractivity contribution in [1.82, 2.24) is 4.90 Å². The minimum atomic E-state index is 0.106. The Morgan fingerprint density at radius 2 is 2.27 bits per heavy atom. The molecular weight excluding hydrogens is 298 g/mol. The van der Waals surface area contributed by atoms with E-state index >= 15 is 0 Å². The molecular formula is C17H21NO3S. The van der Waals surface area contributed by atoms with Crippen LogP contribution in [0.5, 0.6) is 0 Å². The molecule has 1 aromatic heterocycles. The average molecular weight is 319 g/mol. The highest BCUT2D eigenvalue weighted by Gasteiger charge is 2.27. The fourth-order valence-electron chi connectivity index (χ4n) is 2.85. The number of benzene rings is 1. The average Bonchev–Trinajstić information content (AvgIpc) is 2.93. The van der Waals surface area contributed by atoms with E-state index in [9.17, 15) is 4.79 Å². The number of ether oxygens (including phenoxy) is 2. The van der Waals surface area contributed by atoms with E-state index in [4.69, 9.17) is 9.47 Å². The van der Waals surface area contributed by atoms with Crippen molar-refractivity contribution in [1.29, 1.82) is 0 Å². The molecule has 1 saturated heterocycles. The number of fused-ring (bicyclic) bond motifs is 1. The number of nitrogens with zero attached hydrogens (tertiary/aromatic N) is 1. The van der Waals surface area contributed by atoms with Crippen LogP contribution in [0.25, 0.3) is 10.1 Å². The SMILES string of the molecule is CCC1CN(C(=O)c2sc3ccccc3c2COC)CCO1. The summed E-state index contributed by atoms with van der Waals surface area (Å²) in [5.74, 6) is 0.106. The monoisotopic (exact) mass is 319 g/mol. The maximum absolute atomic E-state index is 13.0. The van der Waals surface area contributed by atoms with Gasteiger partial charge in [0.15, 0.2) is 0 Å². The maximum Gasteiger partial charge on any atom is 0.264 e. The number of carbonyl (C=O) groups excluding carboxylic acids is 1. The first-order valence-electron chi connectivity index (χ1n) is 7.64. The van der Waals surface area contributed by atoms with Gasteiger partial charge in [-0.3, -0.25) is 4.79 Å². The van der Waals surface area contributed by atoms with Crippen LogP contribution in [-0.2, 0) is 16.1 Å². The van der Waals surface area contributed by atoms with Crippen molar-refractivity contribution in [3.63, 3.8) is 0 Å². The molecule has 0 bridgehead atoms. The summed E-state index contributed by atoms with van der Waals surface area (Å²) >= 11 is 1.56. The fourth-order valence-corrected chi connectivity index (χ4v) is 4.03. The number of hydrogen-bond donors (Lipinski definition) is 0. The quantitative estimate of drug-likeness (QED) is 0.868. The van der Waals surface area contributed by atoms with Crippen molar-refractivity contribution in [3.05, 3.63) is 34.7 Å².